The van der Waals surface area contributed by atoms with Gasteiger partial charge < -0.3 is 60.3 Å². The zero-order valence-corrected chi connectivity index (χ0v) is 73.8. The van der Waals surface area contributed by atoms with Crippen molar-refractivity contribution in [1.29, 1.82) is 0 Å². The molecule has 2 aliphatic carbocycles. The van der Waals surface area contributed by atoms with Gasteiger partial charge >= 0.3 is 18.0 Å². The molecule has 2 saturated carbocycles. The number of carbonyl (C=O) groups is 4. The van der Waals surface area contributed by atoms with E-state index in [0.717, 1.165) is 182 Å². The molecule has 28 heteroatoms. The molecule has 13 rings (SSSR count). The van der Waals surface area contributed by atoms with Crippen LogP contribution in [0.3, 0.4) is 0 Å². The molecule has 632 valence electrons. The summed E-state index contributed by atoms with van der Waals surface area (Å²) >= 11 is 38.4. The molecule has 119 heavy (non-hydrogen) atoms. The van der Waals surface area contributed by atoms with Crippen LogP contribution in [0.2, 0.25) is 30.1 Å². The fourth-order valence-electron chi connectivity index (χ4n) is 15.2. The van der Waals surface area contributed by atoms with E-state index >= 15 is 0 Å². The number of nitrogen functional groups attached to an aromatic ring is 1. The molecule has 6 aromatic carbocycles. The molecule has 4 atom stereocenters. The maximum Gasteiger partial charge on any atom is 0.411 e. The van der Waals surface area contributed by atoms with Gasteiger partial charge in [-0.3, -0.25) is 9.69 Å². The van der Waals surface area contributed by atoms with Crippen LogP contribution in [0.4, 0.5) is 33.9 Å². The smallest absolute Gasteiger partial charge is 0.411 e. The van der Waals surface area contributed by atoms with E-state index in [1.807, 2.05) is 186 Å². The third-order valence-electron chi connectivity index (χ3n) is 21.5. The van der Waals surface area contributed by atoms with E-state index in [1.165, 1.54) is 5.56 Å². The number of hydrogen-bond donors (Lipinski definition) is 4. The molecule has 9 aromatic rings. The first-order valence-electron chi connectivity index (χ1n) is 40.9. The van der Waals surface area contributed by atoms with Gasteiger partial charge in [-0.05, 0) is 220 Å². The van der Waals surface area contributed by atoms with Crippen molar-refractivity contribution >= 4 is 123 Å². The van der Waals surface area contributed by atoms with Crippen molar-refractivity contribution in [3.8, 4) is 33.8 Å². The number of nitrogens with zero attached hydrogens (tertiary/aromatic N) is 11. The van der Waals surface area contributed by atoms with Crippen molar-refractivity contribution in [3.63, 3.8) is 0 Å². The molecule has 0 bridgehead atoms. The molecule has 0 spiro atoms. The Hall–Kier alpha value is -8.94. The molecule has 5 heterocycles. The maximum atomic E-state index is 13.4. The summed E-state index contributed by atoms with van der Waals surface area (Å²) < 4.78 is 17.3. The Morgan fingerprint density at radius 2 is 0.950 bits per heavy atom. The molecule has 4 fully saturated rings. The van der Waals surface area contributed by atoms with Crippen molar-refractivity contribution in [2.45, 2.75) is 185 Å². The second-order valence-electron chi connectivity index (χ2n) is 32.2. The van der Waals surface area contributed by atoms with E-state index < -0.39 is 17.7 Å². The highest BCUT2D eigenvalue weighted by Crippen LogP contribution is 2.36. The van der Waals surface area contributed by atoms with E-state index in [9.17, 15) is 19.2 Å². The number of ether oxygens (including phenoxy) is 3. The molecule has 2 saturated heterocycles. The second-order valence-corrected chi connectivity index (χ2v) is 34.6. The number of likely N-dealkylation sites (tertiary alicyclic amines) is 1. The number of amides is 1. The number of benzene rings is 6. The van der Waals surface area contributed by atoms with Crippen molar-refractivity contribution in [2.24, 2.45) is 0 Å². The minimum absolute atomic E-state index is 0.0622. The summed E-state index contributed by atoms with van der Waals surface area (Å²) in [6.07, 6.45) is 20.1. The number of rotatable bonds is 28. The molecular formula is C91H109Cl6N15O7. The number of aldehydes is 1. The Morgan fingerprint density at radius 1 is 0.521 bits per heavy atom. The summed E-state index contributed by atoms with van der Waals surface area (Å²) in [5.74, 6) is 2.90. The van der Waals surface area contributed by atoms with Gasteiger partial charge in [0.1, 0.15) is 42.0 Å². The van der Waals surface area contributed by atoms with Gasteiger partial charge in [0.2, 0.25) is 0 Å². The number of halogens is 6. The van der Waals surface area contributed by atoms with Crippen molar-refractivity contribution in [1.82, 2.24) is 50.8 Å². The van der Waals surface area contributed by atoms with Crippen LogP contribution in [-0.4, -0.2) is 170 Å². The lowest BCUT2D eigenvalue weighted by Crippen LogP contribution is -2.56. The van der Waals surface area contributed by atoms with Crippen LogP contribution in [0.15, 0.2) is 146 Å². The van der Waals surface area contributed by atoms with Crippen LogP contribution in [0.25, 0.3) is 33.8 Å². The first-order valence-corrected chi connectivity index (χ1v) is 43.2. The van der Waals surface area contributed by atoms with E-state index in [1.54, 1.807) is 23.5 Å². The van der Waals surface area contributed by atoms with E-state index in [0.29, 0.717) is 105 Å². The van der Waals surface area contributed by atoms with Crippen LogP contribution in [-0.2, 0) is 73.8 Å². The summed E-state index contributed by atoms with van der Waals surface area (Å²) in [5.41, 5.74) is 17.2. The van der Waals surface area contributed by atoms with Gasteiger partial charge in [0.05, 0.1) is 41.4 Å². The van der Waals surface area contributed by atoms with E-state index in [2.05, 4.69) is 50.2 Å². The van der Waals surface area contributed by atoms with Crippen LogP contribution in [0, 0.1) is 0 Å². The quantitative estimate of drug-likeness (QED) is 0.0202. The number of nitrogens with one attached hydrogen (secondary N) is 3. The average Bonchev–Trinajstić information content (AvgIpc) is 1.45. The minimum atomic E-state index is -0.676. The topological polar surface area (TPSA) is 252 Å². The van der Waals surface area contributed by atoms with Gasteiger partial charge in [-0.1, -0.05) is 142 Å². The van der Waals surface area contributed by atoms with E-state index in [4.69, 9.17) is 109 Å². The molecule has 2 unspecified atom stereocenters. The fourth-order valence-corrected chi connectivity index (χ4v) is 16.8. The van der Waals surface area contributed by atoms with Crippen molar-refractivity contribution < 1.29 is 33.4 Å². The lowest BCUT2D eigenvalue weighted by Gasteiger charge is -2.39. The number of esters is 2. The molecule has 0 radical (unpaired) electrons. The number of carbonyl (C=O) groups excluding carboxylic acids is 4. The number of aromatic nitrogens is 6. The third kappa shape index (κ3) is 25.8. The highest BCUT2D eigenvalue weighted by Gasteiger charge is 2.41. The number of piperidine rings is 2. The number of nitrogens with two attached hydrogens (primary N) is 1. The molecular weight excluding hydrogens is 1630 g/mol. The van der Waals surface area contributed by atoms with E-state index in [-0.39, 0.29) is 36.2 Å². The molecule has 2 aliphatic heterocycles. The summed E-state index contributed by atoms with van der Waals surface area (Å²) in [6.45, 7) is 9.25. The number of hydrogen-bond acceptors (Lipinski definition) is 21. The zero-order valence-electron chi connectivity index (χ0n) is 69.3. The maximum absolute atomic E-state index is 13.4. The largest absolute Gasteiger partial charge is 0.461 e. The summed E-state index contributed by atoms with van der Waals surface area (Å²) in [5, 5.41) is 14.3. The molecule has 22 nitrogen and oxygen atoms in total. The summed E-state index contributed by atoms with van der Waals surface area (Å²) in [7, 11) is 11.6. The predicted octanol–water partition coefficient (Wildman–Crippen LogP) is 18.0. The molecule has 1 amide bonds. The first-order chi connectivity index (χ1) is 57.1. The van der Waals surface area contributed by atoms with Crippen LogP contribution in [0.5, 0.6) is 0 Å². The van der Waals surface area contributed by atoms with Gasteiger partial charge in [0.15, 0.2) is 23.3 Å². The Balaban J connectivity index is 0.000000181. The van der Waals surface area contributed by atoms with Crippen LogP contribution < -0.4 is 41.3 Å². The first kappa shape index (κ1) is 90.8. The fraction of sp³-hybridized carbons (Fsp3) is 0.429. The Labute approximate surface area is 729 Å². The Bertz CT molecular complexity index is 4870. The number of anilines is 5. The van der Waals surface area contributed by atoms with Crippen LogP contribution >= 0.6 is 69.6 Å². The highest BCUT2D eigenvalue weighted by molar-refractivity contribution is 6.37. The SMILES string of the molecule is CN(C)c1ncc(-c2cccc(CC=O)c2)nc1N(C)Cc1c(Cl)cccc1Cl.CN(C)c1ncc(-c2cccc(CCNC3CCN(C(=O)OC(C)(C)C)[C@@H](C(=O)OC4CCCC4)C3)c2)nc1N(C)Cc1c(Cl)cccc1Cl.Nc1ncc(-c2cccc(CCNC3CCN[C@@H](C(=O)OC4CCCC4)C3)c2)nc1CCc1c(Cl)cccc1Cl. The molecule has 4 aliphatic rings. The Morgan fingerprint density at radius 3 is 1.42 bits per heavy atom. The standard InChI is InChI=1S/C38H50Cl2N6O4.C31H37Cl2N5O2.C22H22Cl2N4O/c1-38(2,3)50-37(48)46-20-18-27(22-33(46)36(47)49-28-13-7-8-14-28)41-19-17-25-11-9-12-26(21-25)32-23-42-34(44(4)5)35(43-32)45(6)24-29-30(39)15-10-16-31(29)40;32-25-9-4-10-26(33)24(25)11-12-27-30(34)37-19-29(38-27)21-6-3-5-20(17-21)13-15-35-22-14-16-36-28(18-22)31(39)40-23-7-1-2-8-23;1-27(2)21-22(28(3)14-17-18(23)8-5-9-19(17)24)26-20(13-25-21)16-7-4-6-15(12-16)10-11-29/h9-12,15-16,21,23,27-28,33,41H,7-8,13-14,17-20,22,24H2,1-6H3;3-6,9-10,17,19,22-23,28,35-36H,1-2,7-8,11-16,18H2,(H2,34,37);4-9,11-13H,10,14H2,1-3H3/t27?,33-;22?,28-;/m11./s1. The predicted molar refractivity (Wildman–Crippen MR) is 481 cm³/mol. The van der Waals surface area contributed by atoms with Crippen LogP contribution in [0.1, 0.15) is 137 Å². The van der Waals surface area contributed by atoms with Crippen molar-refractivity contribution in [2.75, 3.05) is 93.8 Å². The Kier molecular flexibility index (Phi) is 33.2. The lowest BCUT2D eigenvalue weighted by molar-refractivity contribution is -0.156. The lowest BCUT2D eigenvalue weighted by atomic mass is 9.97. The monoisotopic (exact) mass is 1730 g/mol. The minimum Gasteiger partial charge on any atom is -0.461 e. The van der Waals surface area contributed by atoms with Crippen molar-refractivity contribution in [3.05, 3.63) is 215 Å². The summed E-state index contributed by atoms with van der Waals surface area (Å²) in [4.78, 5) is 87.9. The number of aryl methyl sites for hydroxylation is 1. The highest BCUT2D eigenvalue weighted by atomic mass is 35.5. The summed E-state index contributed by atoms with van der Waals surface area (Å²) in [6, 6.07) is 40.4. The van der Waals surface area contributed by atoms with Gasteiger partial charge in [-0.25, -0.2) is 39.5 Å². The normalized spacial score (nSPS) is 16.8. The second kappa shape index (κ2) is 43.5. The molecule has 3 aromatic heterocycles. The average molecular weight is 1740 g/mol. The molecule has 5 N–H and O–H groups in total. The third-order valence-corrected chi connectivity index (χ3v) is 23.7. The van der Waals surface area contributed by atoms with Gasteiger partial charge in [0.25, 0.3) is 0 Å². The van der Waals surface area contributed by atoms with Gasteiger partial charge in [-0.2, -0.15) is 0 Å². The van der Waals surface area contributed by atoms with Gasteiger partial charge in [-0.15, -0.1) is 0 Å². The van der Waals surface area contributed by atoms with Gasteiger partial charge in [0, 0.05) is 138 Å². The zero-order chi connectivity index (χ0) is 84.9.